The van der Waals surface area contributed by atoms with Crippen LogP contribution in [0, 0.1) is 11.8 Å². The number of piperidine rings is 1. The summed E-state index contributed by atoms with van der Waals surface area (Å²) >= 11 is 0. The Hall–Kier alpha value is -0.160. The van der Waals surface area contributed by atoms with Gasteiger partial charge in [-0.25, -0.2) is 0 Å². The second-order valence-corrected chi connectivity index (χ2v) is 5.46. The Morgan fingerprint density at radius 3 is 2.62 bits per heavy atom. The van der Waals surface area contributed by atoms with E-state index in [0.29, 0.717) is 18.4 Å². The Kier molecular flexibility index (Phi) is 5.69. The lowest BCUT2D eigenvalue weighted by atomic mass is 9.87. The molecule has 5 N–H and O–H groups in total. The largest absolute Gasteiger partial charge is 0.393 e. The summed E-state index contributed by atoms with van der Waals surface area (Å²) in [5.74, 6) is 0.855. The fourth-order valence-corrected chi connectivity index (χ4v) is 2.50. The maximum absolute atomic E-state index is 9.90. The predicted octanol–water partition coefficient (Wildman–Crippen LogP) is 0.00130. The standard InChI is InChI=1S/C12H27N3O/c1-9(2)12(16)6-10-5-11(14)8-15(7-10)4-3-13/h9-12,16H,3-8,13-14H2,1-2H3. The van der Waals surface area contributed by atoms with Crippen molar-refractivity contribution in [2.24, 2.45) is 23.3 Å². The van der Waals surface area contributed by atoms with Crippen molar-refractivity contribution in [2.45, 2.75) is 38.8 Å². The molecule has 0 amide bonds. The van der Waals surface area contributed by atoms with E-state index >= 15 is 0 Å². The van der Waals surface area contributed by atoms with Gasteiger partial charge in [-0.1, -0.05) is 13.8 Å². The van der Waals surface area contributed by atoms with E-state index in [9.17, 15) is 5.11 Å². The minimum atomic E-state index is -0.199. The van der Waals surface area contributed by atoms with Crippen LogP contribution in [0.15, 0.2) is 0 Å². The fraction of sp³-hybridized carbons (Fsp3) is 1.00. The highest BCUT2D eigenvalue weighted by Gasteiger charge is 2.26. The maximum atomic E-state index is 9.90. The third-order valence-corrected chi connectivity index (χ3v) is 3.43. The maximum Gasteiger partial charge on any atom is 0.0566 e. The molecule has 4 nitrogen and oxygen atoms in total. The summed E-state index contributed by atoms with van der Waals surface area (Å²) in [6.07, 6.45) is 1.70. The van der Waals surface area contributed by atoms with Crippen LogP contribution >= 0.6 is 0 Å². The molecule has 0 spiro atoms. The topological polar surface area (TPSA) is 75.5 Å². The predicted molar refractivity (Wildman–Crippen MR) is 67.0 cm³/mol. The highest BCUT2D eigenvalue weighted by molar-refractivity contribution is 4.83. The first-order valence-corrected chi connectivity index (χ1v) is 6.39. The molecule has 0 bridgehead atoms. The molecule has 0 radical (unpaired) electrons. The highest BCUT2D eigenvalue weighted by atomic mass is 16.3. The van der Waals surface area contributed by atoms with Crippen LogP contribution in [-0.2, 0) is 0 Å². The molecule has 0 aliphatic carbocycles. The molecule has 1 rings (SSSR count). The first-order chi connectivity index (χ1) is 7.52. The molecule has 0 aromatic heterocycles. The minimum absolute atomic E-state index is 0.199. The molecule has 1 fully saturated rings. The van der Waals surface area contributed by atoms with Gasteiger partial charge >= 0.3 is 0 Å². The number of nitrogens with zero attached hydrogens (tertiary/aromatic N) is 1. The summed E-state index contributed by atoms with van der Waals surface area (Å²) in [4.78, 5) is 2.33. The van der Waals surface area contributed by atoms with Gasteiger partial charge < -0.3 is 21.5 Å². The average molecular weight is 229 g/mol. The molecule has 0 aromatic rings. The summed E-state index contributed by atoms with van der Waals surface area (Å²) in [5.41, 5.74) is 11.6. The molecule has 3 atom stereocenters. The van der Waals surface area contributed by atoms with Crippen molar-refractivity contribution in [3.05, 3.63) is 0 Å². The van der Waals surface area contributed by atoms with Gasteiger partial charge in [0.2, 0.25) is 0 Å². The number of aliphatic hydroxyl groups excluding tert-OH is 1. The smallest absolute Gasteiger partial charge is 0.0566 e. The molecule has 3 unspecified atom stereocenters. The van der Waals surface area contributed by atoms with Gasteiger partial charge in [0.1, 0.15) is 0 Å². The zero-order valence-electron chi connectivity index (χ0n) is 10.6. The van der Waals surface area contributed by atoms with E-state index in [0.717, 1.165) is 32.5 Å². The van der Waals surface area contributed by atoms with Gasteiger partial charge in [-0.05, 0) is 24.7 Å². The van der Waals surface area contributed by atoms with Gasteiger partial charge in [-0.2, -0.15) is 0 Å². The molecule has 1 heterocycles. The molecule has 1 saturated heterocycles. The molecule has 1 aliphatic rings. The van der Waals surface area contributed by atoms with Crippen LogP contribution < -0.4 is 11.5 Å². The summed E-state index contributed by atoms with van der Waals surface area (Å²) in [6, 6.07) is 0.240. The van der Waals surface area contributed by atoms with Crippen molar-refractivity contribution < 1.29 is 5.11 Å². The molecule has 1 aliphatic heterocycles. The molecule has 4 heteroatoms. The van der Waals surface area contributed by atoms with Gasteiger partial charge in [0.05, 0.1) is 6.10 Å². The summed E-state index contributed by atoms with van der Waals surface area (Å²) in [7, 11) is 0. The second-order valence-electron chi connectivity index (χ2n) is 5.46. The van der Waals surface area contributed by atoms with E-state index < -0.39 is 0 Å². The van der Waals surface area contributed by atoms with Crippen LogP contribution in [0.5, 0.6) is 0 Å². The number of hydrogen-bond donors (Lipinski definition) is 3. The minimum Gasteiger partial charge on any atom is -0.393 e. The summed E-state index contributed by atoms with van der Waals surface area (Å²) in [6.45, 7) is 7.71. The van der Waals surface area contributed by atoms with Crippen LogP contribution in [0.3, 0.4) is 0 Å². The number of likely N-dealkylation sites (tertiary alicyclic amines) is 1. The number of rotatable bonds is 5. The zero-order chi connectivity index (χ0) is 12.1. The Morgan fingerprint density at radius 2 is 2.06 bits per heavy atom. The van der Waals surface area contributed by atoms with E-state index in [4.69, 9.17) is 11.5 Å². The van der Waals surface area contributed by atoms with Crippen LogP contribution in [0.2, 0.25) is 0 Å². The van der Waals surface area contributed by atoms with Gasteiger partial charge in [-0.3, -0.25) is 0 Å². The lowest BCUT2D eigenvalue weighted by Crippen LogP contribution is -2.49. The van der Waals surface area contributed by atoms with E-state index in [1.54, 1.807) is 0 Å². The van der Waals surface area contributed by atoms with Crippen LogP contribution in [0.25, 0.3) is 0 Å². The van der Waals surface area contributed by atoms with Crippen LogP contribution in [-0.4, -0.2) is 48.3 Å². The van der Waals surface area contributed by atoms with Crippen molar-refractivity contribution >= 4 is 0 Å². The number of aliphatic hydroxyl groups is 1. The third-order valence-electron chi connectivity index (χ3n) is 3.43. The zero-order valence-corrected chi connectivity index (χ0v) is 10.6. The summed E-state index contributed by atoms with van der Waals surface area (Å²) < 4.78 is 0. The van der Waals surface area contributed by atoms with Crippen molar-refractivity contribution in [3.8, 4) is 0 Å². The van der Waals surface area contributed by atoms with Crippen molar-refractivity contribution in [1.29, 1.82) is 0 Å². The van der Waals surface area contributed by atoms with Gasteiger partial charge in [0, 0.05) is 32.2 Å². The highest BCUT2D eigenvalue weighted by Crippen LogP contribution is 2.22. The second kappa shape index (κ2) is 6.55. The first-order valence-electron chi connectivity index (χ1n) is 6.39. The number of nitrogens with two attached hydrogens (primary N) is 2. The molecular weight excluding hydrogens is 202 g/mol. The Bertz CT molecular complexity index is 199. The third kappa shape index (κ3) is 4.37. The van der Waals surface area contributed by atoms with E-state index in [1.807, 2.05) is 0 Å². The Labute approximate surface area is 99.0 Å². The lowest BCUT2D eigenvalue weighted by molar-refractivity contribution is 0.0670. The molecule has 96 valence electrons. The van der Waals surface area contributed by atoms with Crippen LogP contribution in [0.1, 0.15) is 26.7 Å². The molecular formula is C12H27N3O. The fourth-order valence-electron chi connectivity index (χ4n) is 2.50. The first kappa shape index (κ1) is 13.9. The SMILES string of the molecule is CC(C)C(O)CC1CC(N)CN(CCN)C1. The molecule has 16 heavy (non-hydrogen) atoms. The number of hydrogen-bond acceptors (Lipinski definition) is 4. The summed E-state index contributed by atoms with van der Waals surface area (Å²) in [5, 5.41) is 9.90. The van der Waals surface area contributed by atoms with Gasteiger partial charge in [0.25, 0.3) is 0 Å². The van der Waals surface area contributed by atoms with Crippen molar-refractivity contribution in [2.75, 3.05) is 26.2 Å². The molecule has 0 saturated carbocycles. The Morgan fingerprint density at radius 1 is 1.38 bits per heavy atom. The lowest BCUT2D eigenvalue weighted by Gasteiger charge is -2.37. The monoisotopic (exact) mass is 229 g/mol. The van der Waals surface area contributed by atoms with Gasteiger partial charge in [0.15, 0.2) is 0 Å². The quantitative estimate of drug-likeness (QED) is 0.620. The van der Waals surface area contributed by atoms with E-state index in [-0.39, 0.29) is 12.1 Å². The van der Waals surface area contributed by atoms with Crippen molar-refractivity contribution in [1.82, 2.24) is 4.90 Å². The molecule has 0 aromatic carbocycles. The van der Waals surface area contributed by atoms with Crippen molar-refractivity contribution in [3.63, 3.8) is 0 Å². The van der Waals surface area contributed by atoms with Crippen LogP contribution in [0.4, 0.5) is 0 Å². The Balaban J connectivity index is 2.41. The van der Waals surface area contributed by atoms with Gasteiger partial charge in [-0.15, -0.1) is 0 Å². The average Bonchev–Trinajstić information content (AvgIpc) is 2.16. The van der Waals surface area contributed by atoms with E-state index in [1.165, 1.54) is 0 Å². The normalized spacial score (nSPS) is 29.6. The van der Waals surface area contributed by atoms with E-state index in [2.05, 4.69) is 18.7 Å².